The minimum absolute atomic E-state index is 0.0555. The lowest BCUT2D eigenvalue weighted by Gasteiger charge is -2.23. The van der Waals surface area contributed by atoms with Crippen LogP contribution in [0.1, 0.15) is 31.9 Å². The van der Waals surface area contributed by atoms with Crippen LogP contribution in [0.4, 0.5) is 0 Å². The number of carbonyl (C=O) groups is 1. The molecule has 0 unspecified atom stereocenters. The van der Waals surface area contributed by atoms with Crippen molar-refractivity contribution in [2.75, 3.05) is 7.11 Å². The number of nitrogens with one attached hydrogen (secondary N) is 1. The molecular weight excluding hydrogens is 472 g/mol. The number of thiophene rings is 1. The first-order chi connectivity index (χ1) is 16.2. The number of sulfonamides is 1. The van der Waals surface area contributed by atoms with E-state index >= 15 is 0 Å². The quantitative estimate of drug-likeness (QED) is 0.383. The first-order valence-electron chi connectivity index (χ1n) is 10.5. The van der Waals surface area contributed by atoms with Crippen LogP contribution in [0.3, 0.4) is 0 Å². The average molecular weight is 497 g/mol. The number of H-pyrrole nitrogens is 1. The Bertz CT molecular complexity index is 1520. The molecule has 9 heteroatoms. The van der Waals surface area contributed by atoms with Crippen molar-refractivity contribution in [1.29, 1.82) is 0 Å². The Morgan fingerprint density at radius 3 is 2.47 bits per heavy atom. The van der Waals surface area contributed by atoms with Gasteiger partial charge in [-0.15, -0.1) is 11.3 Å². The molecule has 7 nitrogen and oxygen atoms in total. The maximum absolute atomic E-state index is 13.8. The second-order valence-electron chi connectivity index (χ2n) is 7.99. The molecule has 0 aliphatic rings. The van der Waals surface area contributed by atoms with Gasteiger partial charge in [-0.2, -0.15) is 4.31 Å². The van der Waals surface area contributed by atoms with Gasteiger partial charge < -0.3 is 9.72 Å². The van der Waals surface area contributed by atoms with Crippen molar-refractivity contribution >= 4 is 38.2 Å². The average Bonchev–Trinajstić information content (AvgIpc) is 3.33. The van der Waals surface area contributed by atoms with E-state index in [0.717, 1.165) is 21.4 Å². The number of hydrogen-bond donors (Lipinski definition) is 1. The standard InChI is InChI=1S/C25H24N2O5S2/c1-16-11-18-13-19(24(28)26-22(18)12-17(16)2)14-27(15-20-7-6-10-33-20)34(30,31)23-9-5-4-8-21(23)25(29)32-3/h4-13H,14-15H2,1-3H3,(H,26,28). The molecule has 176 valence electrons. The van der Waals surface area contributed by atoms with Gasteiger partial charge in [-0.25, -0.2) is 13.2 Å². The van der Waals surface area contributed by atoms with Gasteiger partial charge in [-0.05, 0) is 72.1 Å². The fraction of sp³-hybridized carbons (Fsp3) is 0.200. The molecule has 2 heterocycles. The van der Waals surface area contributed by atoms with Crippen LogP contribution in [0.25, 0.3) is 10.9 Å². The van der Waals surface area contributed by atoms with Gasteiger partial charge in [0.05, 0.1) is 17.6 Å². The predicted molar refractivity (Wildman–Crippen MR) is 133 cm³/mol. The number of ether oxygens (including phenoxy) is 1. The number of nitrogens with zero attached hydrogens (tertiary/aromatic N) is 1. The highest BCUT2D eigenvalue weighted by molar-refractivity contribution is 7.89. The summed E-state index contributed by atoms with van der Waals surface area (Å²) in [7, 11) is -2.96. The number of benzene rings is 2. The van der Waals surface area contributed by atoms with Crippen LogP contribution < -0.4 is 5.56 Å². The van der Waals surface area contributed by atoms with Crippen molar-refractivity contribution in [3.8, 4) is 0 Å². The van der Waals surface area contributed by atoms with Gasteiger partial charge in [-0.1, -0.05) is 18.2 Å². The lowest BCUT2D eigenvalue weighted by molar-refractivity contribution is 0.0596. The maximum atomic E-state index is 13.8. The molecule has 2 aromatic carbocycles. The Balaban J connectivity index is 1.82. The van der Waals surface area contributed by atoms with Gasteiger partial charge in [0.15, 0.2) is 0 Å². The number of aromatic nitrogens is 1. The molecule has 0 radical (unpaired) electrons. The monoisotopic (exact) mass is 496 g/mol. The topological polar surface area (TPSA) is 96.5 Å². The summed E-state index contributed by atoms with van der Waals surface area (Å²) in [5.74, 6) is -0.746. The number of rotatable bonds is 7. The minimum Gasteiger partial charge on any atom is -0.465 e. The van der Waals surface area contributed by atoms with Crippen LogP contribution in [0.2, 0.25) is 0 Å². The zero-order valence-electron chi connectivity index (χ0n) is 19.0. The smallest absolute Gasteiger partial charge is 0.339 e. The van der Waals surface area contributed by atoms with Crippen molar-refractivity contribution in [1.82, 2.24) is 9.29 Å². The fourth-order valence-corrected chi connectivity index (χ4v) is 6.12. The number of aromatic amines is 1. The third kappa shape index (κ3) is 4.68. The fourth-order valence-electron chi connectivity index (χ4n) is 3.74. The largest absolute Gasteiger partial charge is 0.465 e. The lowest BCUT2D eigenvalue weighted by Crippen LogP contribution is -2.33. The van der Waals surface area contributed by atoms with Crippen LogP contribution in [0, 0.1) is 13.8 Å². The van der Waals surface area contributed by atoms with E-state index in [4.69, 9.17) is 4.74 Å². The Hall–Kier alpha value is -3.27. The highest BCUT2D eigenvalue weighted by Crippen LogP contribution is 2.26. The van der Waals surface area contributed by atoms with Crippen molar-refractivity contribution in [2.45, 2.75) is 31.8 Å². The summed E-state index contributed by atoms with van der Waals surface area (Å²) in [5.41, 5.74) is 2.72. The zero-order chi connectivity index (χ0) is 24.5. The Morgan fingerprint density at radius 2 is 1.76 bits per heavy atom. The number of methoxy groups -OCH3 is 1. The van der Waals surface area contributed by atoms with E-state index in [1.807, 2.05) is 43.5 Å². The van der Waals surface area contributed by atoms with Crippen LogP contribution in [-0.2, 0) is 27.8 Å². The molecule has 34 heavy (non-hydrogen) atoms. The van der Waals surface area contributed by atoms with E-state index in [2.05, 4.69) is 4.98 Å². The van der Waals surface area contributed by atoms with Gasteiger partial charge in [0.2, 0.25) is 10.0 Å². The third-order valence-electron chi connectivity index (χ3n) is 5.70. The molecule has 0 bridgehead atoms. The Labute approximate surface area is 201 Å². The number of carbonyl (C=O) groups excluding carboxylic acids is 1. The van der Waals surface area contributed by atoms with Crippen LogP contribution >= 0.6 is 11.3 Å². The maximum Gasteiger partial charge on any atom is 0.339 e. The summed E-state index contributed by atoms with van der Waals surface area (Å²) in [4.78, 5) is 28.7. The first kappa shape index (κ1) is 23.9. The number of aryl methyl sites for hydroxylation is 2. The molecule has 0 atom stereocenters. The minimum atomic E-state index is -4.16. The normalized spacial score (nSPS) is 11.8. The number of esters is 1. The van der Waals surface area contributed by atoms with Crippen LogP contribution in [0.5, 0.6) is 0 Å². The highest BCUT2D eigenvalue weighted by atomic mass is 32.2. The SMILES string of the molecule is COC(=O)c1ccccc1S(=O)(=O)N(Cc1cccs1)Cc1cc2cc(C)c(C)cc2[nH]c1=O. The molecule has 0 spiro atoms. The van der Waals surface area contributed by atoms with Crippen molar-refractivity contribution in [2.24, 2.45) is 0 Å². The summed E-state index contributed by atoms with van der Waals surface area (Å²) in [6, 6.07) is 15.2. The molecule has 1 N–H and O–H groups in total. The number of pyridine rings is 1. The van der Waals surface area contributed by atoms with E-state index in [9.17, 15) is 18.0 Å². The second-order valence-corrected chi connectivity index (χ2v) is 10.9. The van der Waals surface area contributed by atoms with Crippen molar-refractivity contribution in [3.63, 3.8) is 0 Å². The van der Waals surface area contributed by atoms with Crippen LogP contribution in [0.15, 0.2) is 69.7 Å². The van der Waals surface area contributed by atoms with Crippen molar-refractivity contribution < 1.29 is 17.9 Å². The summed E-state index contributed by atoms with van der Waals surface area (Å²) in [5, 5.41) is 2.68. The van der Waals surface area contributed by atoms with E-state index in [-0.39, 0.29) is 29.1 Å². The molecule has 0 aliphatic carbocycles. The molecule has 0 fully saturated rings. The number of fused-ring (bicyclic) bond motifs is 1. The third-order valence-corrected chi connectivity index (χ3v) is 8.42. The molecule has 0 saturated carbocycles. The summed E-state index contributed by atoms with van der Waals surface area (Å²) >= 11 is 1.41. The molecule has 0 saturated heterocycles. The number of hydrogen-bond acceptors (Lipinski definition) is 6. The first-order valence-corrected chi connectivity index (χ1v) is 12.9. The highest BCUT2D eigenvalue weighted by Gasteiger charge is 2.30. The van der Waals surface area contributed by atoms with E-state index in [1.165, 1.54) is 34.9 Å². The summed E-state index contributed by atoms with van der Waals surface area (Å²) in [6.07, 6.45) is 0. The lowest BCUT2D eigenvalue weighted by atomic mass is 10.1. The van der Waals surface area contributed by atoms with Crippen molar-refractivity contribution in [3.05, 3.63) is 97.5 Å². The van der Waals surface area contributed by atoms with Gasteiger partial charge in [-0.3, -0.25) is 4.79 Å². The zero-order valence-corrected chi connectivity index (χ0v) is 20.6. The van der Waals surface area contributed by atoms with Gasteiger partial charge >= 0.3 is 5.97 Å². The van der Waals surface area contributed by atoms with E-state index in [0.29, 0.717) is 11.1 Å². The Kier molecular flexibility index (Phi) is 6.70. The molecular formula is C25H24N2O5S2. The second kappa shape index (κ2) is 9.54. The van der Waals surface area contributed by atoms with Gasteiger partial charge in [0.25, 0.3) is 5.56 Å². The molecule has 4 aromatic rings. The predicted octanol–water partition coefficient (Wildman–Crippen LogP) is 4.38. The summed E-state index contributed by atoms with van der Waals surface area (Å²) in [6.45, 7) is 3.85. The molecule has 4 rings (SSSR count). The van der Waals surface area contributed by atoms with Gasteiger partial charge in [0, 0.05) is 29.0 Å². The Morgan fingerprint density at radius 1 is 1.03 bits per heavy atom. The van der Waals surface area contributed by atoms with E-state index in [1.54, 1.807) is 18.2 Å². The van der Waals surface area contributed by atoms with Crippen LogP contribution in [-0.4, -0.2) is 30.8 Å². The molecule has 0 amide bonds. The molecule has 0 aliphatic heterocycles. The molecule has 2 aromatic heterocycles. The van der Waals surface area contributed by atoms with E-state index < -0.39 is 16.0 Å². The summed E-state index contributed by atoms with van der Waals surface area (Å²) < 4.78 is 33.6. The van der Waals surface area contributed by atoms with Gasteiger partial charge in [0.1, 0.15) is 0 Å².